The molecule has 39 heavy (non-hydrogen) atoms. The molecule has 3 rings (SSSR count). The number of aryl methyl sites for hydroxylation is 1. The summed E-state index contributed by atoms with van der Waals surface area (Å²) in [5.74, 6) is 0.441. The van der Waals surface area contributed by atoms with Crippen molar-refractivity contribution in [3.05, 3.63) is 46.5 Å². The van der Waals surface area contributed by atoms with Crippen molar-refractivity contribution in [1.82, 2.24) is 9.21 Å². The Morgan fingerprint density at radius 2 is 1.59 bits per heavy atom. The van der Waals surface area contributed by atoms with Crippen LogP contribution >= 0.6 is 11.3 Å². The highest BCUT2D eigenvalue weighted by Crippen LogP contribution is 2.34. The first-order valence-corrected chi connectivity index (χ1v) is 16.5. The van der Waals surface area contributed by atoms with Crippen LogP contribution in [-0.2, 0) is 16.4 Å². The van der Waals surface area contributed by atoms with Crippen LogP contribution in [0.15, 0.2) is 39.6 Å². The molecule has 0 bridgehead atoms. The molecule has 0 radical (unpaired) electrons. The number of benzene rings is 1. The van der Waals surface area contributed by atoms with Gasteiger partial charge in [-0.3, -0.25) is 4.79 Å². The van der Waals surface area contributed by atoms with Crippen molar-refractivity contribution in [2.45, 2.75) is 77.0 Å². The SMILES string of the molecule is CCCCc1oc2ccc(S(=O)(=O)N(C)C)cc2c1C(=O)c1ccc(OCCCN(CCCC)CCCC)s1. The molecule has 0 atom stereocenters. The Bertz CT molecular complexity index is 1300. The smallest absolute Gasteiger partial charge is 0.242 e. The lowest BCUT2D eigenvalue weighted by Crippen LogP contribution is -2.28. The molecule has 0 aliphatic carbocycles. The van der Waals surface area contributed by atoms with Gasteiger partial charge in [-0.15, -0.1) is 0 Å². The van der Waals surface area contributed by atoms with E-state index in [0.29, 0.717) is 45.3 Å². The predicted octanol–water partition coefficient (Wildman–Crippen LogP) is 6.99. The number of ketones is 1. The third kappa shape index (κ3) is 8.16. The molecule has 1 aromatic carbocycles. The average Bonchev–Trinajstić information content (AvgIpc) is 3.54. The summed E-state index contributed by atoms with van der Waals surface area (Å²) in [6, 6.07) is 8.37. The number of sulfonamides is 1. The zero-order valence-electron chi connectivity index (χ0n) is 24.1. The summed E-state index contributed by atoms with van der Waals surface area (Å²) < 4.78 is 38.8. The van der Waals surface area contributed by atoms with E-state index in [-0.39, 0.29) is 10.7 Å². The second-order valence-corrected chi connectivity index (χ2v) is 13.3. The van der Waals surface area contributed by atoms with Crippen molar-refractivity contribution >= 4 is 38.1 Å². The van der Waals surface area contributed by atoms with Crippen LogP contribution in [0.1, 0.15) is 86.7 Å². The summed E-state index contributed by atoms with van der Waals surface area (Å²) in [7, 11) is -0.660. The Kier molecular flexibility index (Phi) is 12.0. The van der Waals surface area contributed by atoms with E-state index in [9.17, 15) is 13.2 Å². The highest BCUT2D eigenvalue weighted by Gasteiger charge is 2.26. The van der Waals surface area contributed by atoms with Crippen LogP contribution in [0.5, 0.6) is 5.06 Å². The topological polar surface area (TPSA) is 80.1 Å². The van der Waals surface area contributed by atoms with E-state index >= 15 is 0 Å². The van der Waals surface area contributed by atoms with E-state index < -0.39 is 10.0 Å². The van der Waals surface area contributed by atoms with Gasteiger partial charge >= 0.3 is 0 Å². The third-order valence-corrected chi connectivity index (χ3v) is 9.63. The molecule has 0 saturated carbocycles. The summed E-state index contributed by atoms with van der Waals surface area (Å²) in [5.41, 5.74) is 0.969. The lowest BCUT2D eigenvalue weighted by atomic mass is 10.0. The number of carbonyl (C=O) groups is 1. The Morgan fingerprint density at radius 3 is 2.23 bits per heavy atom. The normalized spacial score (nSPS) is 12.2. The van der Waals surface area contributed by atoms with Gasteiger partial charge in [0.1, 0.15) is 11.3 Å². The lowest BCUT2D eigenvalue weighted by Gasteiger charge is -2.21. The Balaban J connectivity index is 1.77. The van der Waals surface area contributed by atoms with E-state index in [1.807, 2.05) is 6.07 Å². The van der Waals surface area contributed by atoms with Crippen molar-refractivity contribution in [2.75, 3.05) is 40.3 Å². The molecule has 7 nitrogen and oxygen atoms in total. The van der Waals surface area contributed by atoms with Crippen LogP contribution in [0.3, 0.4) is 0 Å². The van der Waals surface area contributed by atoms with E-state index in [1.54, 1.807) is 18.2 Å². The van der Waals surface area contributed by atoms with Crippen molar-refractivity contribution in [3.63, 3.8) is 0 Å². The largest absolute Gasteiger partial charge is 0.484 e. The van der Waals surface area contributed by atoms with Crippen molar-refractivity contribution < 1.29 is 22.4 Å². The summed E-state index contributed by atoms with van der Waals surface area (Å²) >= 11 is 1.33. The number of fused-ring (bicyclic) bond motifs is 1. The molecule has 0 saturated heterocycles. The maximum Gasteiger partial charge on any atom is 0.242 e. The quantitative estimate of drug-likeness (QED) is 0.120. The molecule has 0 aliphatic heterocycles. The van der Waals surface area contributed by atoms with E-state index in [0.717, 1.165) is 38.9 Å². The molecular formula is C30H44N2O5S2. The number of nitrogens with zero attached hydrogens (tertiary/aromatic N) is 2. The predicted molar refractivity (Wildman–Crippen MR) is 160 cm³/mol. The maximum atomic E-state index is 13.8. The monoisotopic (exact) mass is 576 g/mol. The molecule has 0 aliphatic rings. The molecule has 216 valence electrons. The van der Waals surface area contributed by atoms with Gasteiger partial charge in [0.2, 0.25) is 15.8 Å². The Hall–Kier alpha value is -2.20. The number of rotatable bonds is 18. The standard InChI is InChI=1S/C30H44N2O5S2/c1-6-9-13-26-29(24-22-23(14-15-25(24)37-26)39(34,35)31(4)5)30(33)27-16-17-28(38-27)36-21-12-20-32(18-10-7-2)19-11-8-3/h14-17,22H,6-13,18-21H2,1-5H3. The first-order valence-electron chi connectivity index (χ1n) is 14.2. The van der Waals surface area contributed by atoms with Gasteiger partial charge in [-0.1, -0.05) is 51.4 Å². The summed E-state index contributed by atoms with van der Waals surface area (Å²) in [6.45, 7) is 10.4. The van der Waals surface area contributed by atoms with E-state index in [2.05, 4.69) is 25.7 Å². The van der Waals surface area contributed by atoms with Crippen molar-refractivity contribution in [3.8, 4) is 5.06 Å². The van der Waals surface area contributed by atoms with Gasteiger partial charge in [0.15, 0.2) is 5.06 Å². The lowest BCUT2D eigenvalue weighted by molar-refractivity contribution is 0.104. The fraction of sp³-hybridized carbons (Fsp3) is 0.567. The fourth-order valence-electron chi connectivity index (χ4n) is 4.46. The van der Waals surface area contributed by atoms with E-state index in [1.165, 1.54) is 61.5 Å². The van der Waals surface area contributed by atoms with Crippen LogP contribution in [0, 0.1) is 0 Å². The van der Waals surface area contributed by atoms with Gasteiger partial charge in [0.05, 0.1) is 21.9 Å². The molecule has 3 aromatic rings. The van der Waals surface area contributed by atoms with Crippen LogP contribution in [0.2, 0.25) is 0 Å². The van der Waals surface area contributed by atoms with Gasteiger partial charge in [-0.25, -0.2) is 12.7 Å². The molecule has 2 aromatic heterocycles. The fourth-order valence-corrected chi connectivity index (χ4v) is 6.22. The van der Waals surface area contributed by atoms with Gasteiger partial charge in [-0.2, -0.15) is 0 Å². The number of hydrogen-bond donors (Lipinski definition) is 0. The first kappa shape index (κ1) is 31.3. The number of furan rings is 1. The van der Waals surface area contributed by atoms with Gasteiger partial charge in [0, 0.05) is 32.4 Å². The molecule has 2 heterocycles. The van der Waals surface area contributed by atoms with E-state index in [4.69, 9.17) is 9.15 Å². The number of ether oxygens (including phenoxy) is 1. The minimum Gasteiger partial charge on any atom is -0.484 e. The second kappa shape index (κ2) is 15.0. The molecule has 0 fully saturated rings. The van der Waals surface area contributed by atoms with Crippen LogP contribution in [-0.4, -0.2) is 63.7 Å². The maximum absolute atomic E-state index is 13.8. The first-order chi connectivity index (χ1) is 18.7. The summed E-state index contributed by atoms with van der Waals surface area (Å²) in [4.78, 5) is 17.0. The zero-order valence-corrected chi connectivity index (χ0v) is 25.8. The van der Waals surface area contributed by atoms with Crippen molar-refractivity contribution in [1.29, 1.82) is 0 Å². The number of unbranched alkanes of at least 4 members (excludes halogenated alkanes) is 3. The zero-order chi connectivity index (χ0) is 28.4. The average molecular weight is 577 g/mol. The molecule has 9 heteroatoms. The minimum atomic E-state index is -3.65. The van der Waals surface area contributed by atoms with Crippen LogP contribution in [0.4, 0.5) is 0 Å². The molecule has 0 amide bonds. The minimum absolute atomic E-state index is 0.138. The Labute approximate surface area is 238 Å². The van der Waals surface area contributed by atoms with Gasteiger partial charge in [-0.05, 0) is 69.1 Å². The Morgan fingerprint density at radius 1 is 0.923 bits per heavy atom. The van der Waals surface area contributed by atoms with Crippen LogP contribution in [0.25, 0.3) is 11.0 Å². The highest BCUT2D eigenvalue weighted by atomic mass is 32.2. The number of thiophene rings is 1. The number of hydrogen-bond acceptors (Lipinski definition) is 7. The molecule has 0 spiro atoms. The highest BCUT2D eigenvalue weighted by molar-refractivity contribution is 7.89. The van der Waals surface area contributed by atoms with Gasteiger partial charge in [0.25, 0.3) is 0 Å². The molecule has 0 unspecified atom stereocenters. The van der Waals surface area contributed by atoms with Crippen LogP contribution < -0.4 is 4.74 Å². The summed E-state index contributed by atoms with van der Waals surface area (Å²) in [6.07, 6.45) is 8.20. The van der Waals surface area contributed by atoms with Gasteiger partial charge < -0.3 is 14.1 Å². The molecular weight excluding hydrogens is 532 g/mol. The summed E-state index contributed by atoms with van der Waals surface area (Å²) in [5, 5.41) is 1.25. The number of carbonyl (C=O) groups excluding carboxylic acids is 1. The van der Waals surface area contributed by atoms with Crippen molar-refractivity contribution in [2.24, 2.45) is 0 Å². The second-order valence-electron chi connectivity index (χ2n) is 10.1. The molecule has 0 N–H and O–H groups in total. The third-order valence-electron chi connectivity index (χ3n) is 6.82.